The van der Waals surface area contributed by atoms with E-state index in [1.165, 1.54) is 0 Å². The van der Waals surface area contributed by atoms with Gasteiger partial charge in [0, 0.05) is 44.4 Å². The van der Waals surface area contributed by atoms with E-state index in [4.69, 9.17) is 19.4 Å². The van der Waals surface area contributed by atoms with Crippen molar-refractivity contribution in [1.29, 1.82) is 0 Å². The van der Waals surface area contributed by atoms with Crippen molar-refractivity contribution in [3.8, 4) is 0 Å². The molecule has 174 valence electrons. The standard InChI is InChI=1S/C19H28N2O3.C2HF3O2/c1-2-3-4-19(22)21-11-17-16(14-24-18(17)12-21)7-10-23-13-15-5-8-20-9-6-15;3-2(4,5)1(6)7/h5-6,8-9,16-18H,2-4,7,10-14H2,1H3;(H,6,7)/t16-,17-,18-;/m0./s1. The minimum atomic E-state index is -5.08. The lowest BCUT2D eigenvalue weighted by Crippen LogP contribution is -2.31. The predicted octanol–water partition coefficient (Wildman–Crippen LogP) is 3.29. The Morgan fingerprint density at radius 1 is 1.29 bits per heavy atom. The van der Waals surface area contributed by atoms with Crippen LogP contribution in [0.15, 0.2) is 24.5 Å². The van der Waals surface area contributed by atoms with E-state index in [-0.39, 0.29) is 6.10 Å². The summed E-state index contributed by atoms with van der Waals surface area (Å²) in [4.78, 5) is 27.1. The number of likely N-dealkylation sites (tertiary alicyclic amines) is 1. The molecule has 0 radical (unpaired) electrons. The van der Waals surface area contributed by atoms with Crippen molar-refractivity contribution in [3.63, 3.8) is 0 Å². The third kappa shape index (κ3) is 8.10. The third-order valence-electron chi connectivity index (χ3n) is 5.43. The first-order valence-corrected chi connectivity index (χ1v) is 10.4. The summed E-state index contributed by atoms with van der Waals surface area (Å²) in [6.45, 7) is 5.95. The van der Waals surface area contributed by atoms with Gasteiger partial charge in [-0.05, 0) is 36.5 Å². The minimum Gasteiger partial charge on any atom is -0.475 e. The lowest BCUT2D eigenvalue weighted by molar-refractivity contribution is -0.192. The van der Waals surface area contributed by atoms with Gasteiger partial charge in [0.1, 0.15) is 0 Å². The Kier molecular flexibility index (Phi) is 9.70. The van der Waals surface area contributed by atoms with Gasteiger partial charge >= 0.3 is 12.1 Å². The zero-order valence-corrected chi connectivity index (χ0v) is 17.5. The number of hydrogen-bond acceptors (Lipinski definition) is 5. The molecule has 0 unspecified atom stereocenters. The quantitative estimate of drug-likeness (QED) is 0.617. The number of fused-ring (bicyclic) bond motifs is 1. The summed E-state index contributed by atoms with van der Waals surface area (Å²) in [7, 11) is 0. The van der Waals surface area contributed by atoms with Gasteiger partial charge in [-0.2, -0.15) is 13.2 Å². The van der Waals surface area contributed by atoms with Gasteiger partial charge in [-0.1, -0.05) is 13.3 Å². The van der Waals surface area contributed by atoms with Crippen LogP contribution in [0.2, 0.25) is 0 Å². The van der Waals surface area contributed by atoms with Gasteiger partial charge in [-0.3, -0.25) is 9.78 Å². The molecule has 2 aliphatic rings. The number of carbonyl (C=O) groups excluding carboxylic acids is 1. The molecule has 3 rings (SSSR count). The highest BCUT2D eigenvalue weighted by Crippen LogP contribution is 2.35. The molecule has 10 heteroatoms. The first-order valence-electron chi connectivity index (χ1n) is 10.4. The maximum absolute atomic E-state index is 12.2. The fourth-order valence-corrected chi connectivity index (χ4v) is 3.69. The number of rotatable bonds is 8. The van der Waals surface area contributed by atoms with Crippen molar-refractivity contribution in [1.82, 2.24) is 9.88 Å². The van der Waals surface area contributed by atoms with E-state index < -0.39 is 12.1 Å². The van der Waals surface area contributed by atoms with E-state index in [1.54, 1.807) is 12.4 Å². The van der Waals surface area contributed by atoms with Crippen LogP contribution in [-0.4, -0.2) is 65.5 Å². The second kappa shape index (κ2) is 12.0. The Morgan fingerprint density at radius 3 is 2.58 bits per heavy atom. The molecule has 2 aliphatic heterocycles. The average Bonchev–Trinajstić information content (AvgIpc) is 3.31. The molecular formula is C21H29F3N2O5. The SMILES string of the molecule is CCCCC(=O)N1C[C@H]2[C@@H](CCOCc3ccncc3)CO[C@H]2C1.O=C(O)C(F)(F)F. The van der Waals surface area contributed by atoms with Crippen LogP contribution in [0.25, 0.3) is 0 Å². The number of carboxylic acid groups (broad SMARTS) is 1. The molecule has 0 spiro atoms. The van der Waals surface area contributed by atoms with Gasteiger partial charge < -0.3 is 19.5 Å². The summed E-state index contributed by atoms with van der Waals surface area (Å²) in [6.07, 6.45) is 2.46. The number of carbonyl (C=O) groups is 2. The zero-order valence-electron chi connectivity index (χ0n) is 17.5. The van der Waals surface area contributed by atoms with E-state index in [0.29, 0.717) is 30.8 Å². The molecule has 2 saturated heterocycles. The van der Waals surface area contributed by atoms with Crippen LogP contribution in [0.3, 0.4) is 0 Å². The molecule has 1 amide bonds. The van der Waals surface area contributed by atoms with Crippen LogP contribution in [0, 0.1) is 11.8 Å². The monoisotopic (exact) mass is 446 g/mol. The number of alkyl halides is 3. The molecule has 3 heterocycles. The van der Waals surface area contributed by atoms with Gasteiger partial charge in [-0.25, -0.2) is 4.79 Å². The number of ether oxygens (including phenoxy) is 2. The molecule has 1 aromatic heterocycles. The Balaban J connectivity index is 0.000000423. The smallest absolute Gasteiger partial charge is 0.475 e. The molecular weight excluding hydrogens is 417 g/mol. The number of hydrogen-bond donors (Lipinski definition) is 1. The van der Waals surface area contributed by atoms with Crippen molar-refractivity contribution in [2.24, 2.45) is 11.8 Å². The van der Waals surface area contributed by atoms with Gasteiger partial charge in [0.15, 0.2) is 0 Å². The number of aromatic nitrogens is 1. The van der Waals surface area contributed by atoms with Crippen LogP contribution >= 0.6 is 0 Å². The Hall–Kier alpha value is -2.20. The molecule has 31 heavy (non-hydrogen) atoms. The van der Waals surface area contributed by atoms with Gasteiger partial charge in [0.25, 0.3) is 0 Å². The summed E-state index contributed by atoms with van der Waals surface area (Å²) < 4.78 is 43.5. The van der Waals surface area contributed by atoms with Crippen molar-refractivity contribution in [2.45, 2.75) is 51.5 Å². The highest BCUT2D eigenvalue weighted by Gasteiger charge is 2.44. The first-order chi connectivity index (χ1) is 14.7. The summed E-state index contributed by atoms with van der Waals surface area (Å²) in [5.74, 6) is -1.47. The van der Waals surface area contributed by atoms with Crippen LogP contribution in [0.1, 0.15) is 38.2 Å². The number of nitrogens with zero attached hydrogens (tertiary/aromatic N) is 2. The molecule has 3 atom stereocenters. The number of halogens is 3. The predicted molar refractivity (Wildman–Crippen MR) is 105 cm³/mol. The van der Waals surface area contributed by atoms with E-state index in [0.717, 1.165) is 51.1 Å². The number of aliphatic carboxylic acids is 1. The van der Waals surface area contributed by atoms with E-state index in [1.807, 2.05) is 17.0 Å². The lowest BCUT2D eigenvalue weighted by Gasteiger charge is -2.20. The fraction of sp³-hybridized carbons (Fsp3) is 0.667. The zero-order chi connectivity index (χ0) is 22.9. The molecule has 1 aromatic rings. The van der Waals surface area contributed by atoms with Crippen molar-refractivity contribution < 1.29 is 37.3 Å². The molecule has 2 fully saturated rings. The van der Waals surface area contributed by atoms with E-state index in [9.17, 15) is 18.0 Å². The van der Waals surface area contributed by atoms with Gasteiger partial charge in [0.2, 0.25) is 5.91 Å². The Labute approximate surface area is 179 Å². The highest BCUT2D eigenvalue weighted by atomic mass is 19.4. The Bertz CT molecular complexity index is 702. The van der Waals surface area contributed by atoms with Crippen LogP contribution in [-0.2, 0) is 25.7 Å². The third-order valence-corrected chi connectivity index (χ3v) is 5.43. The molecule has 0 bridgehead atoms. The summed E-state index contributed by atoms with van der Waals surface area (Å²) in [5.41, 5.74) is 1.15. The summed E-state index contributed by atoms with van der Waals surface area (Å²) in [6, 6.07) is 3.96. The second-order valence-corrected chi connectivity index (χ2v) is 7.70. The van der Waals surface area contributed by atoms with Crippen molar-refractivity contribution in [2.75, 3.05) is 26.3 Å². The average molecular weight is 446 g/mol. The van der Waals surface area contributed by atoms with E-state index in [2.05, 4.69) is 11.9 Å². The lowest BCUT2D eigenvalue weighted by atomic mass is 9.91. The normalized spacial score (nSPS) is 22.6. The Morgan fingerprint density at radius 2 is 1.97 bits per heavy atom. The largest absolute Gasteiger partial charge is 0.490 e. The number of carboxylic acids is 1. The van der Waals surface area contributed by atoms with Crippen LogP contribution in [0.4, 0.5) is 13.2 Å². The molecule has 0 saturated carbocycles. The summed E-state index contributed by atoms with van der Waals surface area (Å²) >= 11 is 0. The number of amides is 1. The van der Waals surface area contributed by atoms with Crippen LogP contribution < -0.4 is 0 Å². The number of pyridine rings is 1. The molecule has 1 N–H and O–H groups in total. The van der Waals surface area contributed by atoms with E-state index >= 15 is 0 Å². The molecule has 7 nitrogen and oxygen atoms in total. The summed E-state index contributed by atoms with van der Waals surface area (Å²) in [5, 5.41) is 7.12. The molecule has 0 aromatic carbocycles. The van der Waals surface area contributed by atoms with Gasteiger partial charge in [0.05, 0.1) is 19.3 Å². The topological polar surface area (TPSA) is 89.0 Å². The fourth-order valence-electron chi connectivity index (χ4n) is 3.69. The maximum Gasteiger partial charge on any atom is 0.490 e. The van der Waals surface area contributed by atoms with Crippen LogP contribution in [0.5, 0.6) is 0 Å². The van der Waals surface area contributed by atoms with Gasteiger partial charge in [-0.15, -0.1) is 0 Å². The second-order valence-electron chi connectivity index (χ2n) is 7.70. The maximum atomic E-state index is 12.2. The number of unbranched alkanes of at least 4 members (excludes halogenated alkanes) is 1. The first kappa shape index (κ1) is 25.1. The molecule has 0 aliphatic carbocycles. The highest BCUT2D eigenvalue weighted by molar-refractivity contribution is 5.76. The minimum absolute atomic E-state index is 0.237. The van der Waals surface area contributed by atoms with Crippen molar-refractivity contribution >= 4 is 11.9 Å². The van der Waals surface area contributed by atoms with Crippen molar-refractivity contribution in [3.05, 3.63) is 30.1 Å².